The number of ether oxygens (including phenoxy) is 1. The Hall–Kier alpha value is -0.450. The summed E-state index contributed by atoms with van der Waals surface area (Å²) >= 11 is 0. The fourth-order valence-corrected chi connectivity index (χ4v) is 5.18. The molecule has 3 rings (SSSR count). The van der Waals surface area contributed by atoms with Gasteiger partial charge in [0.25, 0.3) is 0 Å². The van der Waals surface area contributed by atoms with Gasteiger partial charge < -0.3 is 9.64 Å². The van der Waals surface area contributed by atoms with E-state index in [9.17, 15) is 4.79 Å². The molecular formula is C18H33N2O2+. The van der Waals surface area contributed by atoms with Crippen LogP contribution >= 0.6 is 0 Å². The summed E-state index contributed by atoms with van der Waals surface area (Å²) in [5.74, 6) is 1.75. The molecule has 0 aromatic rings. The zero-order chi connectivity index (χ0) is 15.6. The van der Waals surface area contributed by atoms with Gasteiger partial charge in [-0.1, -0.05) is 19.3 Å². The average molecular weight is 309 g/mol. The maximum atomic E-state index is 12.7. The Morgan fingerprint density at radius 3 is 2.64 bits per heavy atom. The number of quaternary nitrogens is 1. The van der Waals surface area contributed by atoms with E-state index in [4.69, 9.17) is 4.74 Å². The van der Waals surface area contributed by atoms with E-state index in [2.05, 4.69) is 11.9 Å². The molecule has 4 nitrogen and oxygen atoms in total. The highest BCUT2D eigenvalue weighted by Crippen LogP contribution is 2.36. The Balaban J connectivity index is 1.79. The van der Waals surface area contributed by atoms with Crippen molar-refractivity contribution in [2.24, 2.45) is 11.8 Å². The molecule has 0 N–H and O–H groups in total. The molecule has 2 heterocycles. The predicted octanol–water partition coefficient (Wildman–Crippen LogP) is 2.28. The van der Waals surface area contributed by atoms with Crippen molar-refractivity contribution in [3.05, 3.63) is 0 Å². The minimum absolute atomic E-state index is 0.383. The zero-order valence-electron chi connectivity index (χ0n) is 14.4. The summed E-state index contributed by atoms with van der Waals surface area (Å²) in [6, 6.07) is 0.414. The first-order chi connectivity index (χ1) is 10.6. The second kappa shape index (κ2) is 6.98. The summed E-state index contributed by atoms with van der Waals surface area (Å²) in [5.41, 5.74) is 0. The number of hydrogen-bond acceptors (Lipinski definition) is 3. The normalized spacial score (nSPS) is 38.3. The fraction of sp³-hybridized carbons (Fsp3) is 0.944. The monoisotopic (exact) mass is 309 g/mol. The van der Waals surface area contributed by atoms with Gasteiger partial charge in [0.1, 0.15) is 12.6 Å². The Kier molecular flexibility index (Phi) is 5.20. The lowest BCUT2D eigenvalue weighted by Crippen LogP contribution is -2.67. The molecule has 1 amide bonds. The Morgan fingerprint density at radius 1 is 1.23 bits per heavy atom. The van der Waals surface area contributed by atoms with Gasteiger partial charge in [0.15, 0.2) is 0 Å². The molecule has 3 atom stereocenters. The van der Waals surface area contributed by atoms with Gasteiger partial charge in [-0.05, 0) is 32.9 Å². The molecule has 0 aromatic heterocycles. The maximum absolute atomic E-state index is 12.7. The summed E-state index contributed by atoms with van der Waals surface area (Å²) in [5, 5.41) is 0. The van der Waals surface area contributed by atoms with Gasteiger partial charge in [-0.25, -0.2) is 4.79 Å². The summed E-state index contributed by atoms with van der Waals surface area (Å²) in [6.07, 6.45) is 7.90. The van der Waals surface area contributed by atoms with Crippen LogP contribution in [-0.2, 0) is 9.53 Å². The van der Waals surface area contributed by atoms with Crippen molar-refractivity contribution in [2.45, 2.75) is 51.5 Å². The van der Waals surface area contributed by atoms with Crippen LogP contribution in [0.2, 0.25) is 0 Å². The molecule has 0 spiro atoms. The first-order valence-corrected chi connectivity index (χ1v) is 9.26. The largest absolute Gasteiger partial charge is 0.369 e. The molecule has 4 heteroatoms. The van der Waals surface area contributed by atoms with Crippen molar-refractivity contribution < 1.29 is 14.0 Å². The molecule has 1 aliphatic carbocycles. The first kappa shape index (κ1) is 16.4. The molecule has 3 aliphatic rings. The van der Waals surface area contributed by atoms with Crippen LogP contribution in [0, 0.1) is 11.8 Å². The van der Waals surface area contributed by atoms with Gasteiger partial charge in [-0.15, -0.1) is 0 Å². The number of carbonyl (C=O) groups excluding carboxylic acids is 1. The number of carbonyl (C=O) groups is 1. The van der Waals surface area contributed by atoms with E-state index < -0.39 is 0 Å². The van der Waals surface area contributed by atoms with Crippen molar-refractivity contribution >= 4 is 5.91 Å². The molecule has 2 saturated heterocycles. The first-order valence-electron chi connectivity index (χ1n) is 9.26. The zero-order valence-corrected chi connectivity index (χ0v) is 14.4. The number of morpholine rings is 1. The maximum Gasteiger partial charge on any atom is 0.310 e. The van der Waals surface area contributed by atoms with Crippen molar-refractivity contribution in [1.82, 2.24) is 4.90 Å². The number of nitrogens with zero attached hydrogens (tertiary/aromatic N) is 2. The van der Waals surface area contributed by atoms with E-state index in [-0.39, 0.29) is 0 Å². The van der Waals surface area contributed by atoms with Gasteiger partial charge in [-0.2, -0.15) is 0 Å². The Bertz CT molecular complexity index is 395. The highest BCUT2D eigenvalue weighted by Gasteiger charge is 2.49. The Morgan fingerprint density at radius 2 is 2.00 bits per heavy atom. The molecular weight excluding hydrogens is 276 g/mol. The number of hydrogen-bond donors (Lipinski definition) is 0. The van der Waals surface area contributed by atoms with Crippen LogP contribution < -0.4 is 0 Å². The number of amides is 1. The van der Waals surface area contributed by atoms with Gasteiger partial charge >= 0.3 is 5.91 Å². The molecule has 3 fully saturated rings. The second-order valence-corrected chi connectivity index (χ2v) is 7.92. The Labute approximate surface area is 135 Å². The minimum atomic E-state index is 0.383. The third-order valence-corrected chi connectivity index (χ3v) is 6.45. The summed E-state index contributed by atoms with van der Waals surface area (Å²) < 4.78 is 6.56. The molecule has 126 valence electrons. The topological polar surface area (TPSA) is 29.5 Å². The lowest BCUT2D eigenvalue weighted by atomic mass is 9.81. The van der Waals surface area contributed by atoms with Gasteiger partial charge in [0.2, 0.25) is 0 Å². The quantitative estimate of drug-likeness (QED) is 0.749. The lowest BCUT2D eigenvalue weighted by Gasteiger charge is -2.49. The van der Waals surface area contributed by atoms with Gasteiger partial charge in [0, 0.05) is 18.4 Å². The summed E-state index contributed by atoms with van der Waals surface area (Å²) in [6.45, 7) is 7.68. The molecule has 3 unspecified atom stereocenters. The SMILES string of the molecule is CC(=O)[N+]1(CC2CCN(C)C2)CCOCC1C1CCCCC1. The molecule has 0 radical (unpaired) electrons. The summed E-state index contributed by atoms with van der Waals surface area (Å²) in [4.78, 5) is 15.2. The van der Waals surface area contributed by atoms with E-state index in [1.807, 2.05) is 6.92 Å². The third kappa shape index (κ3) is 3.24. The van der Waals surface area contributed by atoms with Crippen LogP contribution in [0.25, 0.3) is 0 Å². The van der Waals surface area contributed by atoms with Crippen LogP contribution in [0.15, 0.2) is 0 Å². The second-order valence-electron chi connectivity index (χ2n) is 7.92. The molecule has 22 heavy (non-hydrogen) atoms. The highest BCUT2D eigenvalue weighted by molar-refractivity contribution is 5.66. The lowest BCUT2D eigenvalue weighted by molar-refractivity contribution is -0.895. The van der Waals surface area contributed by atoms with Crippen LogP contribution in [0.5, 0.6) is 0 Å². The summed E-state index contributed by atoms with van der Waals surface area (Å²) in [7, 11) is 2.20. The molecule has 1 saturated carbocycles. The van der Waals surface area contributed by atoms with Crippen LogP contribution in [0.4, 0.5) is 0 Å². The average Bonchev–Trinajstić information content (AvgIpc) is 2.93. The minimum Gasteiger partial charge on any atom is -0.369 e. The predicted molar refractivity (Wildman–Crippen MR) is 87.5 cm³/mol. The standard InChI is InChI=1S/C18H33N2O2/c1-15(21)20(13-16-8-9-19(2)12-16)10-11-22-14-18(20)17-6-4-3-5-7-17/h16-18H,3-14H2,1-2H3/q+1. The fourth-order valence-electron chi connectivity index (χ4n) is 5.18. The van der Waals surface area contributed by atoms with E-state index in [0.29, 0.717) is 28.3 Å². The molecule has 2 aliphatic heterocycles. The van der Waals surface area contributed by atoms with Crippen LogP contribution in [0.3, 0.4) is 0 Å². The van der Waals surface area contributed by atoms with Gasteiger partial charge in [-0.3, -0.25) is 4.48 Å². The van der Waals surface area contributed by atoms with Gasteiger partial charge in [0.05, 0.1) is 26.7 Å². The van der Waals surface area contributed by atoms with E-state index in [1.165, 1.54) is 45.1 Å². The smallest absolute Gasteiger partial charge is 0.310 e. The molecule has 0 aromatic carbocycles. The van der Waals surface area contributed by atoms with Crippen molar-refractivity contribution in [3.8, 4) is 0 Å². The number of rotatable bonds is 3. The molecule has 0 bridgehead atoms. The highest BCUT2D eigenvalue weighted by atomic mass is 16.5. The van der Waals surface area contributed by atoms with Crippen LogP contribution in [0.1, 0.15) is 45.4 Å². The third-order valence-electron chi connectivity index (χ3n) is 6.45. The van der Waals surface area contributed by atoms with E-state index in [0.717, 1.165) is 32.8 Å². The van der Waals surface area contributed by atoms with Crippen LogP contribution in [-0.4, -0.2) is 67.8 Å². The van der Waals surface area contributed by atoms with E-state index in [1.54, 1.807) is 0 Å². The number of likely N-dealkylation sites (tertiary alicyclic amines) is 1. The van der Waals surface area contributed by atoms with E-state index >= 15 is 0 Å². The van der Waals surface area contributed by atoms with Crippen molar-refractivity contribution in [2.75, 3.05) is 46.4 Å². The van der Waals surface area contributed by atoms with Crippen molar-refractivity contribution in [1.29, 1.82) is 0 Å². The van der Waals surface area contributed by atoms with Crippen molar-refractivity contribution in [3.63, 3.8) is 0 Å².